The molecule has 1 atom stereocenters. The Morgan fingerprint density at radius 2 is 1.63 bits per heavy atom. The Morgan fingerprint density at radius 1 is 1.03 bits per heavy atom. The number of carboxylic acid groups (broad SMARTS) is 1. The molecule has 0 heterocycles. The number of benzene rings is 2. The van der Waals surface area contributed by atoms with Gasteiger partial charge in [-0.2, -0.15) is 0 Å². The van der Waals surface area contributed by atoms with Gasteiger partial charge in [0.15, 0.2) is 11.9 Å². The first-order valence-corrected chi connectivity index (χ1v) is 9.23. The average molecular weight is 412 g/mol. The standard InChI is InChI=1S/C23H24O7/c1-15(13-20(24)25)22(27)29-14-19(16-7-5-4-6-8-16)30-18-11-9-17(10-12-18)21(26)23(2,3)28/h4-12,19,28H,1,13-14H2,2-3H3,(H,24,25). The number of carbonyl (C=O) groups excluding carboxylic acids is 2. The lowest BCUT2D eigenvalue weighted by atomic mass is 9.97. The Morgan fingerprint density at radius 3 is 2.17 bits per heavy atom. The van der Waals surface area contributed by atoms with Gasteiger partial charge in [0.25, 0.3) is 0 Å². The Kier molecular flexibility index (Phi) is 7.49. The van der Waals surface area contributed by atoms with E-state index < -0.39 is 35.8 Å². The van der Waals surface area contributed by atoms with E-state index in [1.165, 1.54) is 13.8 Å². The van der Waals surface area contributed by atoms with Gasteiger partial charge in [0.1, 0.15) is 18.0 Å². The maximum absolute atomic E-state index is 12.1. The molecule has 0 aliphatic rings. The molecular weight excluding hydrogens is 388 g/mol. The molecule has 0 aliphatic carbocycles. The summed E-state index contributed by atoms with van der Waals surface area (Å²) in [6.45, 7) is 6.09. The van der Waals surface area contributed by atoms with Crippen LogP contribution in [0.15, 0.2) is 66.7 Å². The highest BCUT2D eigenvalue weighted by atomic mass is 16.6. The number of aliphatic carboxylic acids is 1. The van der Waals surface area contributed by atoms with Crippen LogP contribution in [0.1, 0.15) is 42.3 Å². The number of esters is 1. The molecular formula is C23H24O7. The van der Waals surface area contributed by atoms with Crippen LogP contribution in [0.25, 0.3) is 0 Å². The Labute approximate surface area is 174 Å². The van der Waals surface area contributed by atoms with Crippen molar-refractivity contribution in [2.24, 2.45) is 0 Å². The monoisotopic (exact) mass is 412 g/mol. The fourth-order valence-corrected chi connectivity index (χ4v) is 2.58. The van der Waals surface area contributed by atoms with Crippen molar-refractivity contribution >= 4 is 17.7 Å². The fraction of sp³-hybridized carbons (Fsp3) is 0.261. The number of carboxylic acids is 1. The zero-order valence-corrected chi connectivity index (χ0v) is 16.8. The molecule has 0 fully saturated rings. The second kappa shape index (κ2) is 9.84. The first-order valence-electron chi connectivity index (χ1n) is 9.23. The molecule has 158 valence electrons. The van der Waals surface area contributed by atoms with Crippen molar-refractivity contribution in [3.8, 4) is 5.75 Å². The molecule has 2 rings (SSSR count). The van der Waals surface area contributed by atoms with Gasteiger partial charge in [0, 0.05) is 11.1 Å². The third-order valence-electron chi connectivity index (χ3n) is 4.14. The van der Waals surface area contributed by atoms with E-state index in [9.17, 15) is 19.5 Å². The van der Waals surface area contributed by atoms with Gasteiger partial charge in [0.05, 0.1) is 6.42 Å². The second-order valence-corrected chi connectivity index (χ2v) is 7.20. The first kappa shape index (κ1) is 22.8. The lowest BCUT2D eigenvalue weighted by Crippen LogP contribution is -2.31. The lowest BCUT2D eigenvalue weighted by molar-refractivity contribution is -0.144. The van der Waals surface area contributed by atoms with Crippen LogP contribution in [0.3, 0.4) is 0 Å². The van der Waals surface area contributed by atoms with E-state index in [-0.39, 0.29) is 12.2 Å². The number of carbonyl (C=O) groups is 3. The van der Waals surface area contributed by atoms with E-state index in [2.05, 4.69) is 6.58 Å². The molecule has 2 aromatic carbocycles. The SMILES string of the molecule is C=C(CC(=O)O)C(=O)OCC(Oc1ccc(C(=O)C(C)(C)O)cc1)c1ccccc1. The van der Waals surface area contributed by atoms with Gasteiger partial charge in [-0.1, -0.05) is 36.9 Å². The molecule has 0 radical (unpaired) electrons. The normalized spacial score (nSPS) is 12.0. The van der Waals surface area contributed by atoms with Crippen LogP contribution in [0.2, 0.25) is 0 Å². The van der Waals surface area contributed by atoms with Gasteiger partial charge < -0.3 is 19.7 Å². The van der Waals surface area contributed by atoms with Gasteiger partial charge >= 0.3 is 11.9 Å². The maximum atomic E-state index is 12.1. The highest BCUT2D eigenvalue weighted by Crippen LogP contribution is 2.24. The number of ketones is 1. The minimum Gasteiger partial charge on any atom is -0.482 e. The van der Waals surface area contributed by atoms with Crippen LogP contribution < -0.4 is 4.74 Å². The van der Waals surface area contributed by atoms with E-state index >= 15 is 0 Å². The zero-order valence-electron chi connectivity index (χ0n) is 16.8. The molecule has 0 aromatic heterocycles. The Bertz CT molecular complexity index is 909. The van der Waals surface area contributed by atoms with E-state index in [0.29, 0.717) is 11.3 Å². The van der Waals surface area contributed by atoms with E-state index in [0.717, 1.165) is 5.56 Å². The van der Waals surface area contributed by atoms with Crippen LogP contribution in [0.4, 0.5) is 0 Å². The van der Waals surface area contributed by atoms with E-state index in [4.69, 9.17) is 14.6 Å². The zero-order chi connectivity index (χ0) is 22.3. The Balaban J connectivity index is 2.13. The summed E-state index contributed by atoms with van der Waals surface area (Å²) in [7, 11) is 0. The molecule has 0 saturated heterocycles. The molecule has 2 aromatic rings. The molecule has 0 saturated carbocycles. The molecule has 0 aliphatic heterocycles. The smallest absolute Gasteiger partial charge is 0.334 e. The summed E-state index contributed by atoms with van der Waals surface area (Å²) in [6.07, 6.45) is -1.17. The van der Waals surface area contributed by atoms with Crippen LogP contribution >= 0.6 is 0 Å². The third kappa shape index (κ3) is 6.56. The number of hydrogen-bond donors (Lipinski definition) is 2. The highest BCUT2D eigenvalue weighted by molar-refractivity contribution is 6.01. The molecule has 1 unspecified atom stereocenters. The number of aliphatic hydroxyl groups is 1. The van der Waals surface area contributed by atoms with Gasteiger partial charge in [0.2, 0.25) is 0 Å². The second-order valence-electron chi connectivity index (χ2n) is 7.20. The predicted molar refractivity (Wildman–Crippen MR) is 109 cm³/mol. The molecule has 2 N–H and O–H groups in total. The minimum atomic E-state index is -1.48. The highest BCUT2D eigenvalue weighted by Gasteiger charge is 2.25. The molecule has 30 heavy (non-hydrogen) atoms. The summed E-state index contributed by atoms with van der Waals surface area (Å²) in [5.74, 6) is -1.97. The molecule has 7 nitrogen and oxygen atoms in total. The molecule has 0 amide bonds. The summed E-state index contributed by atoms with van der Waals surface area (Å²) in [5, 5.41) is 18.6. The third-order valence-corrected chi connectivity index (χ3v) is 4.14. The molecule has 0 spiro atoms. The largest absolute Gasteiger partial charge is 0.482 e. The number of rotatable bonds is 10. The van der Waals surface area contributed by atoms with Crippen LogP contribution in [0, 0.1) is 0 Å². The van der Waals surface area contributed by atoms with E-state index in [1.807, 2.05) is 18.2 Å². The molecule has 7 heteroatoms. The van der Waals surface area contributed by atoms with Crippen molar-refractivity contribution in [2.45, 2.75) is 32.0 Å². The summed E-state index contributed by atoms with van der Waals surface area (Å²) < 4.78 is 11.1. The summed E-state index contributed by atoms with van der Waals surface area (Å²) in [6, 6.07) is 15.3. The van der Waals surface area contributed by atoms with Crippen molar-refractivity contribution in [1.29, 1.82) is 0 Å². The van der Waals surface area contributed by atoms with Crippen molar-refractivity contribution in [3.63, 3.8) is 0 Å². The summed E-state index contributed by atoms with van der Waals surface area (Å²) in [5.41, 5.74) is -0.571. The predicted octanol–water partition coefficient (Wildman–Crippen LogP) is 3.33. The van der Waals surface area contributed by atoms with Crippen LogP contribution in [-0.2, 0) is 14.3 Å². The minimum absolute atomic E-state index is 0.161. The van der Waals surface area contributed by atoms with Crippen molar-refractivity contribution in [3.05, 3.63) is 77.9 Å². The summed E-state index contributed by atoms with van der Waals surface area (Å²) >= 11 is 0. The number of ether oxygens (including phenoxy) is 2. The first-order chi connectivity index (χ1) is 14.1. The van der Waals surface area contributed by atoms with Gasteiger partial charge in [-0.3, -0.25) is 9.59 Å². The van der Waals surface area contributed by atoms with Crippen LogP contribution in [0.5, 0.6) is 5.75 Å². The quantitative estimate of drug-likeness (QED) is 0.350. The molecule has 0 bridgehead atoms. The van der Waals surface area contributed by atoms with Crippen molar-refractivity contribution < 1.29 is 34.1 Å². The fourth-order valence-electron chi connectivity index (χ4n) is 2.58. The summed E-state index contributed by atoms with van der Waals surface area (Å²) in [4.78, 5) is 34.8. The van der Waals surface area contributed by atoms with Crippen molar-refractivity contribution in [1.82, 2.24) is 0 Å². The lowest BCUT2D eigenvalue weighted by Gasteiger charge is -2.20. The Hall–Kier alpha value is -3.45. The topological polar surface area (TPSA) is 110 Å². The van der Waals surface area contributed by atoms with Gasteiger partial charge in [-0.05, 0) is 43.7 Å². The average Bonchev–Trinajstić information content (AvgIpc) is 2.70. The van der Waals surface area contributed by atoms with Gasteiger partial charge in [-0.15, -0.1) is 0 Å². The van der Waals surface area contributed by atoms with Crippen molar-refractivity contribution in [2.75, 3.05) is 6.61 Å². The van der Waals surface area contributed by atoms with Crippen LogP contribution in [-0.4, -0.2) is 40.1 Å². The van der Waals surface area contributed by atoms with E-state index in [1.54, 1.807) is 36.4 Å². The number of Topliss-reactive ketones (excluding diaryl/α,β-unsaturated/α-hetero) is 1. The van der Waals surface area contributed by atoms with Gasteiger partial charge in [-0.25, -0.2) is 4.79 Å². The maximum Gasteiger partial charge on any atom is 0.334 e. The number of hydrogen-bond acceptors (Lipinski definition) is 6.